The summed E-state index contributed by atoms with van der Waals surface area (Å²) < 4.78 is 10.5. The number of carbonyl (C=O) groups is 1. The number of ether oxygens (including phenoxy) is 2. The molecular weight excluding hydrogens is 204 g/mol. The second-order valence-electron chi connectivity index (χ2n) is 3.44. The molecule has 0 fully saturated rings. The highest BCUT2D eigenvalue weighted by Gasteiger charge is 2.11. The van der Waals surface area contributed by atoms with Crippen molar-refractivity contribution in [1.82, 2.24) is 0 Å². The van der Waals surface area contributed by atoms with Crippen molar-refractivity contribution in [2.45, 2.75) is 6.92 Å². The van der Waals surface area contributed by atoms with E-state index in [9.17, 15) is 4.79 Å². The molecule has 0 N–H and O–H groups in total. The second-order valence-corrected chi connectivity index (χ2v) is 3.44. The van der Waals surface area contributed by atoms with Crippen molar-refractivity contribution in [3.63, 3.8) is 0 Å². The first-order valence-electron chi connectivity index (χ1n) is 5.01. The maximum atomic E-state index is 10.7. The highest BCUT2D eigenvalue weighted by Crippen LogP contribution is 2.32. The van der Waals surface area contributed by atoms with Gasteiger partial charge >= 0.3 is 0 Å². The third kappa shape index (κ3) is 2.51. The smallest absolute Gasteiger partial charge is 0.231 e. The van der Waals surface area contributed by atoms with Crippen LogP contribution in [0.5, 0.6) is 11.5 Å². The maximum Gasteiger partial charge on any atom is 0.231 e. The summed E-state index contributed by atoms with van der Waals surface area (Å²) in [5, 5.41) is 0. The molecule has 0 bridgehead atoms. The average Bonchev–Trinajstić information content (AvgIpc) is 2.71. The van der Waals surface area contributed by atoms with Gasteiger partial charge in [-0.3, -0.25) is 4.79 Å². The normalized spacial score (nSPS) is 13.8. The van der Waals surface area contributed by atoms with E-state index in [2.05, 4.69) is 0 Å². The lowest BCUT2D eigenvalue weighted by Crippen LogP contribution is -1.92. The zero-order chi connectivity index (χ0) is 11.4. The molecule has 0 aromatic heterocycles. The molecule has 0 saturated heterocycles. The standard InChI is InChI=1S/C13H12O3/c1-10(14)4-2-3-5-11-6-7-12-13(8-11)16-9-15-12/h2-8H,9H2,1H3. The first kappa shape index (κ1) is 10.5. The molecule has 16 heavy (non-hydrogen) atoms. The number of fused-ring (bicyclic) bond motifs is 1. The monoisotopic (exact) mass is 216 g/mol. The van der Waals surface area contributed by atoms with Gasteiger partial charge in [0.2, 0.25) is 6.79 Å². The highest BCUT2D eigenvalue weighted by atomic mass is 16.7. The van der Waals surface area contributed by atoms with E-state index in [1.54, 1.807) is 6.08 Å². The van der Waals surface area contributed by atoms with E-state index in [0.717, 1.165) is 17.1 Å². The number of carbonyl (C=O) groups excluding carboxylic acids is 1. The molecule has 0 radical (unpaired) electrons. The summed E-state index contributed by atoms with van der Waals surface area (Å²) in [6, 6.07) is 5.71. The third-order valence-corrected chi connectivity index (χ3v) is 2.13. The quantitative estimate of drug-likeness (QED) is 0.575. The Kier molecular flexibility index (Phi) is 3.05. The Morgan fingerprint density at radius 2 is 2.06 bits per heavy atom. The molecular formula is C13H12O3. The van der Waals surface area contributed by atoms with Gasteiger partial charge in [0.15, 0.2) is 17.3 Å². The summed E-state index contributed by atoms with van der Waals surface area (Å²) >= 11 is 0. The van der Waals surface area contributed by atoms with Crippen molar-refractivity contribution in [3.8, 4) is 11.5 Å². The first-order valence-corrected chi connectivity index (χ1v) is 5.01. The molecule has 0 spiro atoms. The van der Waals surface area contributed by atoms with Crippen molar-refractivity contribution in [2.75, 3.05) is 6.79 Å². The Hall–Kier alpha value is -2.03. The van der Waals surface area contributed by atoms with Crippen LogP contribution in [0.1, 0.15) is 12.5 Å². The number of benzene rings is 1. The topological polar surface area (TPSA) is 35.5 Å². The minimum Gasteiger partial charge on any atom is -0.454 e. The van der Waals surface area contributed by atoms with E-state index in [1.165, 1.54) is 13.0 Å². The summed E-state index contributed by atoms with van der Waals surface area (Å²) in [5.41, 5.74) is 1.01. The molecule has 0 unspecified atom stereocenters. The van der Waals surface area contributed by atoms with Crippen LogP contribution in [-0.2, 0) is 4.79 Å². The SMILES string of the molecule is CC(=O)C=CC=Cc1ccc2c(c1)OCO2. The Bertz CT molecular complexity index is 458. The zero-order valence-corrected chi connectivity index (χ0v) is 8.97. The molecule has 0 atom stereocenters. The second kappa shape index (κ2) is 4.66. The van der Waals surface area contributed by atoms with Crippen molar-refractivity contribution in [1.29, 1.82) is 0 Å². The predicted octanol–water partition coefficient (Wildman–Crippen LogP) is 2.57. The van der Waals surface area contributed by atoms with Gasteiger partial charge in [0.05, 0.1) is 0 Å². The fourth-order valence-electron chi connectivity index (χ4n) is 1.37. The Balaban J connectivity index is 2.08. The molecule has 1 aromatic rings. The summed E-state index contributed by atoms with van der Waals surface area (Å²) in [6.07, 6.45) is 6.96. The minimum atomic E-state index is 0.0373. The Labute approximate surface area is 94.0 Å². The number of rotatable bonds is 3. The van der Waals surface area contributed by atoms with Crippen molar-refractivity contribution < 1.29 is 14.3 Å². The van der Waals surface area contributed by atoms with Crippen LogP contribution in [-0.4, -0.2) is 12.6 Å². The zero-order valence-electron chi connectivity index (χ0n) is 8.97. The van der Waals surface area contributed by atoms with Crippen LogP contribution in [0.2, 0.25) is 0 Å². The van der Waals surface area contributed by atoms with Gasteiger partial charge in [-0.25, -0.2) is 0 Å². The molecule has 1 aliphatic heterocycles. The van der Waals surface area contributed by atoms with Gasteiger partial charge in [-0.1, -0.05) is 24.3 Å². The maximum absolute atomic E-state index is 10.7. The van der Waals surface area contributed by atoms with Crippen LogP contribution < -0.4 is 9.47 Å². The molecule has 0 saturated carbocycles. The van der Waals surface area contributed by atoms with Gasteiger partial charge < -0.3 is 9.47 Å². The lowest BCUT2D eigenvalue weighted by molar-refractivity contribution is -0.112. The van der Waals surface area contributed by atoms with Gasteiger partial charge in [-0.15, -0.1) is 0 Å². The van der Waals surface area contributed by atoms with Gasteiger partial charge in [0, 0.05) is 0 Å². The molecule has 1 aliphatic rings. The van der Waals surface area contributed by atoms with Gasteiger partial charge in [-0.2, -0.15) is 0 Å². The summed E-state index contributed by atoms with van der Waals surface area (Å²) in [5.74, 6) is 1.57. The molecule has 3 heteroatoms. The van der Waals surface area contributed by atoms with Crippen LogP contribution in [0, 0.1) is 0 Å². The third-order valence-electron chi connectivity index (χ3n) is 2.13. The molecule has 0 amide bonds. The number of hydrogen-bond donors (Lipinski definition) is 0. The minimum absolute atomic E-state index is 0.0373. The van der Waals surface area contributed by atoms with E-state index in [4.69, 9.17) is 9.47 Å². The van der Waals surface area contributed by atoms with Gasteiger partial charge in [0.1, 0.15) is 0 Å². The molecule has 1 heterocycles. The Morgan fingerprint density at radius 3 is 2.88 bits per heavy atom. The van der Waals surface area contributed by atoms with Crippen LogP contribution in [0.4, 0.5) is 0 Å². The lowest BCUT2D eigenvalue weighted by Gasteiger charge is -1.96. The average molecular weight is 216 g/mol. The molecule has 2 rings (SSSR count). The largest absolute Gasteiger partial charge is 0.454 e. The molecule has 1 aromatic carbocycles. The molecule has 3 nitrogen and oxygen atoms in total. The fraction of sp³-hybridized carbons (Fsp3) is 0.154. The van der Waals surface area contributed by atoms with Crippen molar-refractivity contribution in [3.05, 3.63) is 42.0 Å². The van der Waals surface area contributed by atoms with E-state index in [0.29, 0.717) is 0 Å². The van der Waals surface area contributed by atoms with E-state index < -0.39 is 0 Å². The van der Waals surface area contributed by atoms with E-state index >= 15 is 0 Å². The highest BCUT2D eigenvalue weighted by molar-refractivity contribution is 5.87. The summed E-state index contributed by atoms with van der Waals surface area (Å²) in [7, 11) is 0. The Morgan fingerprint density at radius 1 is 1.25 bits per heavy atom. The predicted molar refractivity (Wildman–Crippen MR) is 61.4 cm³/mol. The van der Waals surface area contributed by atoms with Gasteiger partial charge in [0.25, 0.3) is 0 Å². The van der Waals surface area contributed by atoms with Crippen molar-refractivity contribution in [2.24, 2.45) is 0 Å². The van der Waals surface area contributed by atoms with Gasteiger partial charge in [-0.05, 0) is 30.7 Å². The van der Waals surface area contributed by atoms with Crippen LogP contribution in [0.3, 0.4) is 0 Å². The van der Waals surface area contributed by atoms with Crippen LogP contribution in [0.15, 0.2) is 36.4 Å². The molecule has 0 aliphatic carbocycles. The van der Waals surface area contributed by atoms with Crippen LogP contribution in [0.25, 0.3) is 6.08 Å². The van der Waals surface area contributed by atoms with Crippen LogP contribution >= 0.6 is 0 Å². The first-order chi connectivity index (χ1) is 7.75. The lowest BCUT2D eigenvalue weighted by atomic mass is 10.2. The van der Waals surface area contributed by atoms with Crippen molar-refractivity contribution >= 4 is 11.9 Å². The van der Waals surface area contributed by atoms with E-state index in [-0.39, 0.29) is 12.6 Å². The number of allylic oxidation sites excluding steroid dienone is 3. The number of ketones is 1. The summed E-state index contributed by atoms with van der Waals surface area (Å²) in [6.45, 7) is 1.80. The van der Waals surface area contributed by atoms with E-state index in [1.807, 2.05) is 30.4 Å². The summed E-state index contributed by atoms with van der Waals surface area (Å²) in [4.78, 5) is 10.7. The molecule has 82 valence electrons. The fourth-order valence-corrected chi connectivity index (χ4v) is 1.37. The number of hydrogen-bond acceptors (Lipinski definition) is 3.